The smallest absolute Gasteiger partial charge is 0.407 e. The summed E-state index contributed by atoms with van der Waals surface area (Å²) in [6.07, 6.45) is 3.78. The predicted octanol–water partition coefficient (Wildman–Crippen LogP) is 5.47. The number of aromatic nitrogens is 1. The molecule has 3 N–H and O–H groups in total. The molecule has 12 nitrogen and oxygen atoms in total. The van der Waals surface area contributed by atoms with Gasteiger partial charge in [-0.25, -0.2) is 27.0 Å². The van der Waals surface area contributed by atoms with Crippen LogP contribution in [0.3, 0.4) is 0 Å². The van der Waals surface area contributed by atoms with Gasteiger partial charge in [0.1, 0.15) is 17.7 Å². The zero-order valence-electron chi connectivity index (χ0n) is 28.9. The standard InChI is InChI=1S/C36H46F2N4O8S2/c37-24-14-22(15-25(38)18-24)16-28(41-36(44)50-31-9-13-49-34-27(31)8-12-48-34)30(43)20-42-10-4-2-1-3-5-11-47-21-23-17-29-32(19-33(23)52(42,45)46)51-35(40-29)39-26-6-7-26/h14-15,17-19,26-28,30-31,34,43H,1-13,16,20-21H2,(H,39,40)(H,41,44)/t27-,28-,30+,31-,34+/m0/s1. The fourth-order valence-electron chi connectivity index (χ4n) is 7.17. The van der Waals surface area contributed by atoms with Gasteiger partial charge in [-0.15, -0.1) is 0 Å². The van der Waals surface area contributed by atoms with Crippen LogP contribution in [0.15, 0.2) is 35.2 Å². The summed E-state index contributed by atoms with van der Waals surface area (Å²) in [5, 5.41) is 18.6. The lowest BCUT2D eigenvalue weighted by Gasteiger charge is -2.33. The fourth-order valence-corrected chi connectivity index (χ4v) is 9.92. The van der Waals surface area contributed by atoms with Gasteiger partial charge in [0.05, 0.1) is 47.1 Å². The Labute approximate surface area is 306 Å². The maximum absolute atomic E-state index is 14.7. The third kappa shape index (κ3) is 9.20. The van der Waals surface area contributed by atoms with Gasteiger partial charge in [0.2, 0.25) is 10.0 Å². The number of carbonyl (C=O) groups excluding carboxylic acids is 1. The topological polar surface area (TPSA) is 149 Å². The van der Waals surface area contributed by atoms with Crippen LogP contribution < -0.4 is 10.6 Å². The maximum Gasteiger partial charge on any atom is 0.407 e. The molecule has 0 unspecified atom stereocenters. The third-order valence-corrected chi connectivity index (χ3v) is 13.0. The lowest BCUT2D eigenvalue weighted by Crippen LogP contribution is -2.52. The number of aliphatic hydroxyl groups excluding tert-OH is 1. The summed E-state index contributed by atoms with van der Waals surface area (Å²) in [5.41, 5.74) is 1.32. The molecule has 4 aliphatic rings. The van der Waals surface area contributed by atoms with Crippen molar-refractivity contribution in [2.45, 2.75) is 106 Å². The van der Waals surface area contributed by atoms with Gasteiger partial charge in [0, 0.05) is 44.1 Å². The number of alkyl carbamates (subject to hydrolysis) is 1. The van der Waals surface area contributed by atoms with Crippen LogP contribution in [0.5, 0.6) is 0 Å². The first-order valence-corrected chi connectivity index (χ1v) is 20.5. The molecule has 1 aromatic heterocycles. The number of fused-ring (bicyclic) bond motifs is 3. The van der Waals surface area contributed by atoms with Crippen LogP contribution in [0.2, 0.25) is 0 Å². The molecule has 3 aliphatic heterocycles. The quantitative estimate of drug-likeness (QED) is 0.256. The van der Waals surface area contributed by atoms with Crippen LogP contribution >= 0.6 is 11.3 Å². The van der Waals surface area contributed by atoms with E-state index in [0.717, 1.165) is 61.9 Å². The number of aliphatic hydroxyl groups is 1. The number of ether oxygens (including phenoxy) is 4. The Balaban J connectivity index is 1.16. The molecule has 5 atom stereocenters. The number of hydrogen-bond donors (Lipinski definition) is 3. The third-order valence-electron chi connectivity index (χ3n) is 10.1. The highest BCUT2D eigenvalue weighted by molar-refractivity contribution is 7.89. The van der Waals surface area contributed by atoms with Crippen molar-refractivity contribution in [2.75, 3.05) is 38.2 Å². The first-order chi connectivity index (χ1) is 25.1. The Morgan fingerprint density at radius 2 is 1.75 bits per heavy atom. The van der Waals surface area contributed by atoms with Crippen molar-refractivity contribution in [3.05, 3.63) is 53.1 Å². The van der Waals surface area contributed by atoms with Crippen LogP contribution in [0.25, 0.3) is 10.2 Å². The molecule has 52 heavy (non-hydrogen) atoms. The van der Waals surface area contributed by atoms with Gasteiger partial charge in [-0.05, 0) is 73.9 Å². The highest BCUT2D eigenvalue weighted by Crippen LogP contribution is 2.36. The number of anilines is 1. The Bertz CT molecular complexity index is 1810. The van der Waals surface area contributed by atoms with E-state index in [9.17, 15) is 27.1 Å². The average Bonchev–Trinajstić information content (AvgIpc) is 3.60. The van der Waals surface area contributed by atoms with Crippen LogP contribution in [0.4, 0.5) is 18.7 Å². The summed E-state index contributed by atoms with van der Waals surface area (Å²) in [6, 6.07) is 5.59. The number of sulfonamides is 1. The van der Waals surface area contributed by atoms with E-state index < -0.39 is 58.8 Å². The Kier molecular flexibility index (Phi) is 11.9. The molecule has 2 aromatic carbocycles. The number of halogens is 2. The zero-order chi connectivity index (χ0) is 36.2. The molecule has 1 saturated carbocycles. The minimum Gasteiger partial charge on any atom is -0.446 e. The molecule has 0 radical (unpaired) electrons. The number of amides is 1. The number of hydrogen-bond acceptors (Lipinski definition) is 11. The van der Waals surface area contributed by atoms with E-state index in [1.807, 2.05) is 0 Å². The zero-order valence-corrected chi connectivity index (χ0v) is 30.6. The largest absolute Gasteiger partial charge is 0.446 e. The van der Waals surface area contributed by atoms with Crippen LogP contribution in [0, 0.1) is 17.6 Å². The van der Waals surface area contributed by atoms with Gasteiger partial charge in [-0.3, -0.25) is 0 Å². The van der Waals surface area contributed by atoms with Crippen molar-refractivity contribution in [3.63, 3.8) is 0 Å². The summed E-state index contributed by atoms with van der Waals surface area (Å²) >= 11 is 1.39. The molecule has 0 bridgehead atoms. The number of β-amino-alcohol motifs (C(OH)–C–C–N with tert-alkyl or cyclic N) is 1. The molecule has 1 amide bonds. The normalized spacial score (nSPS) is 25.5. The molecule has 1 aliphatic carbocycles. The molecule has 4 heterocycles. The second-order valence-electron chi connectivity index (χ2n) is 14.1. The fraction of sp³-hybridized carbons (Fsp3) is 0.611. The summed E-state index contributed by atoms with van der Waals surface area (Å²) in [6.45, 7) is 1.12. The minimum absolute atomic E-state index is 0.0667. The number of nitrogens with zero attached hydrogens (tertiary/aromatic N) is 2. The molecule has 7 rings (SSSR count). The van der Waals surface area contributed by atoms with E-state index in [1.165, 1.54) is 15.6 Å². The van der Waals surface area contributed by atoms with Crippen LogP contribution in [-0.2, 0) is 42.0 Å². The first-order valence-electron chi connectivity index (χ1n) is 18.2. The summed E-state index contributed by atoms with van der Waals surface area (Å²) in [5.74, 6) is -1.78. The molecule has 0 spiro atoms. The molecular weight excluding hydrogens is 719 g/mol. The van der Waals surface area contributed by atoms with Crippen molar-refractivity contribution < 1.29 is 46.0 Å². The highest BCUT2D eigenvalue weighted by Gasteiger charge is 2.41. The molecular formula is C36H46F2N4O8S2. The number of benzene rings is 2. The Hall–Kier alpha value is -2.99. The number of rotatable bonds is 9. The van der Waals surface area contributed by atoms with E-state index in [-0.39, 0.29) is 35.9 Å². The van der Waals surface area contributed by atoms with E-state index >= 15 is 0 Å². The molecule has 3 fully saturated rings. The van der Waals surface area contributed by atoms with Crippen molar-refractivity contribution in [3.8, 4) is 0 Å². The molecule has 16 heteroatoms. The van der Waals surface area contributed by atoms with Gasteiger partial charge in [-0.2, -0.15) is 4.31 Å². The second-order valence-corrected chi connectivity index (χ2v) is 17.1. The minimum atomic E-state index is -4.23. The van der Waals surface area contributed by atoms with E-state index in [2.05, 4.69) is 10.6 Å². The lowest BCUT2D eigenvalue weighted by molar-refractivity contribution is -0.179. The molecule has 3 aromatic rings. The summed E-state index contributed by atoms with van der Waals surface area (Å²) < 4.78 is 82.8. The Morgan fingerprint density at radius 1 is 1.00 bits per heavy atom. The number of thiazole rings is 1. The highest BCUT2D eigenvalue weighted by atomic mass is 32.2. The van der Waals surface area contributed by atoms with Gasteiger partial charge in [0.25, 0.3) is 0 Å². The van der Waals surface area contributed by atoms with Crippen molar-refractivity contribution in [1.29, 1.82) is 0 Å². The molecule has 284 valence electrons. The second kappa shape index (κ2) is 16.6. The van der Waals surface area contributed by atoms with Gasteiger partial charge in [0.15, 0.2) is 11.4 Å². The van der Waals surface area contributed by atoms with E-state index in [1.54, 1.807) is 12.1 Å². The predicted molar refractivity (Wildman–Crippen MR) is 189 cm³/mol. The van der Waals surface area contributed by atoms with Crippen molar-refractivity contribution in [2.24, 2.45) is 5.92 Å². The SMILES string of the molecule is O=C(N[C@@H](Cc1cc(F)cc(F)c1)[C@H](O)CN1CCCCCCCOCc2cc3nc(NC4CC4)sc3cc2S1(=O)=O)O[C@H]1CCO[C@H]2OCC[C@H]21. The van der Waals surface area contributed by atoms with Crippen LogP contribution in [0.1, 0.15) is 68.9 Å². The van der Waals surface area contributed by atoms with Gasteiger partial charge >= 0.3 is 6.09 Å². The lowest BCUT2D eigenvalue weighted by atomic mass is 9.95. The summed E-state index contributed by atoms with van der Waals surface area (Å²) in [7, 11) is -4.23. The maximum atomic E-state index is 14.7. The van der Waals surface area contributed by atoms with Gasteiger partial charge < -0.3 is 34.7 Å². The average molecular weight is 765 g/mol. The number of nitrogens with one attached hydrogen (secondary N) is 2. The Morgan fingerprint density at radius 3 is 2.54 bits per heavy atom. The van der Waals surface area contributed by atoms with E-state index in [4.69, 9.17) is 23.9 Å². The molecule has 2 saturated heterocycles. The number of carbonyl (C=O) groups is 1. The van der Waals surface area contributed by atoms with E-state index in [0.29, 0.717) is 60.9 Å². The van der Waals surface area contributed by atoms with Crippen molar-refractivity contribution >= 4 is 42.8 Å². The monoisotopic (exact) mass is 764 g/mol. The summed E-state index contributed by atoms with van der Waals surface area (Å²) in [4.78, 5) is 18.2. The first kappa shape index (κ1) is 37.3. The van der Waals surface area contributed by atoms with Crippen LogP contribution in [-0.4, -0.2) is 92.4 Å². The van der Waals surface area contributed by atoms with Crippen molar-refractivity contribution in [1.82, 2.24) is 14.6 Å². The van der Waals surface area contributed by atoms with Gasteiger partial charge in [-0.1, -0.05) is 30.6 Å².